The maximum Gasteiger partial charge on any atom is 0.212 e. The highest BCUT2D eigenvalue weighted by Crippen LogP contribution is 2.40. The molecule has 0 spiro atoms. The molecule has 1 aromatic carbocycles. The first-order chi connectivity index (χ1) is 16.4. The number of pyridine rings is 1. The van der Waals surface area contributed by atoms with E-state index in [-0.39, 0.29) is 5.92 Å². The minimum absolute atomic E-state index is 0.0742. The lowest BCUT2D eigenvalue weighted by molar-refractivity contribution is 0.313. The Hall–Kier alpha value is -3.51. The number of hydrogen-bond acceptors (Lipinski definition) is 7. The minimum Gasteiger partial charge on any atom is -0.370 e. The van der Waals surface area contributed by atoms with E-state index in [0.717, 1.165) is 61.5 Å². The maximum atomic E-state index is 13.5. The molecule has 2 aliphatic heterocycles. The highest BCUT2D eigenvalue weighted by Gasteiger charge is 2.29. The molecule has 9 heteroatoms. The van der Waals surface area contributed by atoms with Crippen LogP contribution in [-0.4, -0.2) is 80.3 Å². The normalized spacial score (nSPS) is 17.4. The number of rotatable bonds is 5. The summed E-state index contributed by atoms with van der Waals surface area (Å²) < 4.78 is 13.5. The van der Waals surface area contributed by atoms with Crippen LogP contribution in [0.4, 0.5) is 15.8 Å². The molecule has 4 rings (SSSR count). The second-order valence-electron chi connectivity index (χ2n) is 9.01. The summed E-state index contributed by atoms with van der Waals surface area (Å²) in [6, 6.07) is 9.57. The molecule has 0 saturated carbocycles. The van der Waals surface area contributed by atoms with Crippen LogP contribution in [0.15, 0.2) is 30.5 Å². The molecule has 0 atom stereocenters. The van der Waals surface area contributed by atoms with Gasteiger partial charge in [0.2, 0.25) is 5.95 Å². The van der Waals surface area contributed by atoms with Crippen molar-refractivity contribution >= 4 is 23.5 Å². The average molecular weight is 463 g/mol. The van der Waals surface area contributed by atoms with Crippen molar-refractivity contribution in [1.82, 2.24) is 14.8 Å². The van der Waals surface area contributed by atoms with Crippen LogP contribution in [0.1, 0.15) is 18.4 Å². The number of halogens is 1. The van der Waals surface area contributed by atoms with Gasteiger partial charge in [0.15, 0.2) is 0 Å². The van der Waals surface area contributed by atoms with Gasteiger partial charge in [0, 0.05) is 69.6 Å². The van der Waals surface area contributed by atoms with Crippen molar-refractivity contribution in [2.24, 2.45) is 5.92 Å². The molecule has 8 nitrogen and oxygen atoms in total. The van der Waals surface area contributed by atoms with Crippen LogP contribution in [-0.2, 0) is 0 Å². The van der Waals surface area contributed by atoms with E-state index >= 15 is 0 Å². The highest BCUT2D eigenvalue weighted by atomic mass is 19.1. The number of nitriles is 1. The van der Waals surface area contributed by atoms with E-state index in [9.17, 15) is 9.65 Å². The van der Waals surface area contributed by atoms with E-state index in [4.69, 9.17) is 10.8 Å². The van der Waals surface area contributed by atoms with Crippen molar-refractivity contribution in [2.45, 2.75) is 12.8 Å². The molecule has 0 bridgehead atoms. The fraction of sp³-hybridized carbons (Fsp3) is 0.440. The molecule has 0 amide bonds. The topological polar surface area (TPSA) is 97.3 Å². The summed E-state index contributed by atoms with van der Waals surface area (Å²) in [4.78, 5) is 12.2. The minimum atomic E-state index is -0.533. The predicted molar refractivity (Wildman–Crippen MR) is 133 cm³/mol. The lowest BCUT2D eigenvalue weighted by atomic mass is 9.92. The summed E-state index contributed by atoms with van der Waals surface area (Å²) in [5.74, 6) is -0.0102. The Morgan fingerprint density at radius 2 is 1.82 bits per heavy atom. The van der Waals surface area contributed by atoms with Gasteiger partial charge in [0.25, 0.3) is 0 Å². The largest absolute Gasteiger partial charge is 0.370 e. The number of nitrogens with one attached hydrogen (secondary N) is 2. The van der Waals surface area contributed by atoms with Crippen molar-refractivity contribution in [3.63, 3.8) is 0 Å². The van der Waals surface area contributed by atoms with Crippen molar-refractivity contribution in [3.8, 4) is 17.2 Å². The summed E-state index contributed by atoms with van der Waals surface area (Å²) in [7, 11) is 3.84. The molecule has 2 N–H and O–H groups in total. The quantitative estimate of drug-likeness (QED) is 0.402. The number of hydrogen-bond donors (Lipinski definition) is 2. The zero-order valence-electron chi connectivity index (χ0n) is 19.8. The van der Waals surface area contributed by atoms with Crippen molar-refractivity contribution in [1.29, 1.82) is 16.1 Å². The van der Waals surface area contributed by atoms with Gasteiger partial charge in [-0.25, -0.2) is 4.98 Å². The molecule has 0 aliphatic carbocycles. The third-order valence-electron chi connectivity index (χ3n) is 6.92. The van der Waals surface area contributed by atoms with E-state index in [1.54, 1.807) is 18.0 Å². The molecule has 178 valence electrons. The summed E-state index contributed by atoms with van der Waals surface area (Å²) in [5, 5.41) is 26.1. The number of aromatic nitrogens is 1. The fourth-order valence-corrected chi connectivity index (χ4v) is 4.83. The van der Waals surface area contributed by atoms with Crippen molar-refractivity contribution in [3.05, 3.63) is 42.0 Å². The first kappa shape index (κ1) is 23.6. The van der Waals surface area contributed by atoms with Gasteiger partial charge >= 0.3 is 0 Å². The molecule has 0 radical (unpaired) electrons. The van der Waals surface area contributed by atoms with E-state index in [1.807, 2.05) is 12.1 Å². The molecular formula is C25H31FN8. The summed E-state index contributed by atoms with van der Waals surface area (Å²) in [5.41, 5.74) is 4.07. The predicted octanol–water partition coefficient (Wildman–Crippen LogP) is 3.24. The van der Waals surface area contributed by atoms with Gasteiger partial charge in [-0.3, -0.25) is 10.8 Å². The first-order valence-electron chi connectivity index (χ1n) is 11.6. The van der Waals surface area contributed by atoms with Crippen LogP contribution in [0.3, 0.4) is 0 Å². The van der Waals surface area contributed by atoms with Gasteiger partial charge < -0.3 is 19.6 Å². The third-order valence-corrected chi connectivity index (χ3v) is 6.92. The molecule has 0 unspecified atom stereocenters. The molecular weight excluding hydrogens is 431 g/mol. The number of likely N-dealkylation sites (N-methyl/N-ethyl adjacent to an activating group) is 1. The Kier molecular flexibility index (Phi) is 7.08. The molecule has 2 saturated heterocycles. The van der Waals surface area contributed by atoms with Crippen LogP contribution in [0.5, 0.6) is 0 Å². The standard InChI is InChI=1S/C25H31FN8/c1-31-11-13-33(14-12-31)22-5-4-20(19-3-6-23(26)30-16-19)24(21(22)15-27)34-9-7-18(8-10-34)25(29)32(2)17-28/h3-6,16-18,28-29H,7-14H2,1-2H3. The lowest BCUT2D eigenvalue weighted by Gasteiger charge is -2.39. The fourth-order valence-electron chi connectivity index (χ4n) is 4.83. The van der Waals surface area contributed by atoms with Gasteiger partial charge in [-0.2, -0.15) is 9.65 Å². The number of piperidine rings is 1. The SMILES string of the molecule is CN1CCN(c2ccc(-c3ccc(F)nc3)c(N3CCC(C(=N)N(C)C=N)CC3)c2C#N)CC1. The van der Waals surface area contributed by atoms with Crippen LogP contribution < -0.4 is 9.80 Å². The van der Waals surface area contributed by atoms with Crippen LogP contribution >= 0.6 is 0 Å². The summed E-state index contributed by atoms with van der Waals surface area (Å²) in [6.45, 7) is 4.99. The maximum absolute atomic E-state index is 13.5. The van der Waals surface area contributed by atoms with Gasteiger partial charge in [-0.05, 0) is 38.1 Å². The second kappa shape index (κ2) is 10.2. The monoisotopic (exact) mass is 462 g/mol. The smallest absolute Gasteiger partial charge is 0.212 e. The molecule has 34 heavy (non-hydrogen) atoms. The molecule has 3 heterocycles. The number of piperazine rings is 1. The molecule has 2 aliphatic rings. The van der Waals surface area contributed by atoms with Gasteiger partial charge in [-0.1, -0.05) is 6.07 Å². The van der Waals surface area contributed by atoms with E-state index in [0.29, 0.717) is 24.5 Å². The van der Waals surface area contributed by atoms with E-state index < -0.39 is 5.95 Å². The van der Waals surface area contributed by atoms with Gasteiger partial charge in [0.05, 0.1) is 23.3 Å². The number of benzene rings is 1. The molecule has 2 fully saturated rings. The van der Waals surface area contributed by atoms with Crippen molar-refractivity contribution < 1.29 is 4.39 Å². The number of anilines is 2. The molecule has 2 aromatic rings. The van der Waals surface area contributed by atoms with Gasteiger partial charge in [0.1, 0.15) is 11.9 Å². The Labute approximate surface area is 200 Å². The van der Waals surface area contributed by atoms with E-state index in [1.165, 1.54) is 18.6 Å². The van der Waals surface area contributed by atoms with E-state index in [2.05, 4.69) is 32.8 Å². The van der Waals surface area contributed by atoms with Crippen LogP contribution in [0.2, 0.25) is 0 Å². The Bertz CT molecular complexity index is 1080. The second-order valence-corrected chi connectivity index (χ2v) is 9.01. The molecule has 1 aromatic heterocycles. The zero-order chi connectivity index (χ0) is 24.2. The number of nitrogens with zero attached hydrogens (tertiary/aromatic N) is 6. The Morgan fingerprint density at radius 3 is 2.41 bits per heavy atom. The Morgan fingerprint density at radius 1 is 1.12 bits per heavy atom. The van der Waals surface area contributed by atoms with Gasteiger partial charge in [-0.15, -0.1) is 0 Å². The lowest BCUT2D eigenvalue weighted by Crippen LogP contribution is -2.45. The zero-order valence-corrected chi connectivity index (χ0v) is 19.8. The van der Waals surface area contributed by atoms with Crippen LogP contribution in [0.25, 0.3) is 11.1 Å². The van der Waals surface area contributed by atoms with Crippen LogP contribution in [0, 0.1) is 34.0 Å². The Balaban J connectivity index is 1.72. The third kappa shape index (κ3) is 4.73. The summed E-state index contributed by atoms with van der Waals surface area (Å²) >= 11 is 0. The first-order valence-corrected chi connectivity index (χ1v) is 11.6. The number of amidine groups is 1. The van der Waals surface area contributed by atoms with Crippen molar-refractivity contribution in [2.75, 3.05) is 63.2 Å². The average Bonchev–Trinajstić information content (AvgIpc) is 2.88. The summed E-state index contributed by atoms with van der Waals surface area (Å²) in [6.07, 6.45) is 4.22. The highest BCUT2D eigenvalue weighted by molar-refractivity contribution is 5.91.